The maximum Gasteiger partial charge on any atom is 0.331 e. The predicted molar refractivity (Wildman–Crippen MR) is 96.5 cm³/mol. The van der Waals surface area contributed by atoms with Gasteiger partial charge in [0.1, 0.15) is 4.90 Å². The van der Waals surface area contributed by atoms with E-state index >= 15 is 0 Å². The highest BCUT2D eigenvalue weighted by Gasteiger charge is 2.43. The van der Waals surface area contributed by atoms with Crippen molar-refractivity contribution in [3.63, 3.8) is 0 Å². The van der Waals surface area contributed by atoms with Gasteiger partial charge in [-0.25, -0.2) is 4.79 Å². The molecule has 144 valence electrons. The third kappa shape index (κ3) is 4.94. The molecule has 9 nitrogen and oxygen atoms in total. The van der Waals surface area contributed by atoms with Crippen LogP contribution in [-0.2, 0) is 8.98 Å². The van der Waals surface area contributed by atoms with Crippen LogP contribution in [0, 0.1) is 17.0 Å². The average Bonchev–Trinajstić information content (AvgIpc) is 3.14. The van der Waals surface area contributed by atoms with Gasteiger partial charge in [-0.1, -0.05) is 6.07 Å². The van der Waals surface area contributed by atoms with Crippen LogP contribution in [0.4, 0.5) is 5.69 Å². The SMILES string of the molecule is Cc1ccc([N+](=O)[O-])c(SOCCC[C@@](N)(C(=O)O)C(=O)c2ccco2)c1. The molecule has 2 aromatic rings. The number of nitro benzene ring substituents is 1. The van der Waals surface area contributed by atoms with Crippen LogP contribution in [0.2, 0.25) is 0 Å². The number of carbonyl (C=O) groups excluding carboxylic acids is 1. The Morgan fingerprint density at radius 3 is 2.74 bits per heavy atom. The summed E-state index contributed by atoms with van der Waals surface area (Å²) in [5, 5.41) is 20.4. The number of Topliss-reactive ketones (excluding diaryl/α,β-unsaturated/α-hetero) is 1. The van der Waals surface area contributed by atoms with Crippen molar-refractivity contribution in [1.29, 1.82) is 0 Å². The second-order valence-corrected chi connectivity index (χ2v) is 6.66. The average molecular weight is 394 g/mol. The lowest BCUT2D eigenvalue weighted by molar-refractivity contribution is -0.387. The summed E-state index contributed by atoms with van der Waals surface area (Å²) in [5.74, 6) is -2.43. The van der Waals surface area contributed by atoms with Crippen molar-refractivity contribution >= 4 is 29.5 Å². The highest BCUT2D eigenvalue weighted by Crippen LogP contribution is 2.31. The van der Waals surface area contributed by atoms with Gasteiger partial charge < -0.3 is 19.4 Å². The maximum atomic E-state index is 12.3. The minimum atomic E-state index is -2.14. The summed E-state index contributed by atoms with van der Waals surface area (Å²) in [5.41, 5.74) is 4.40. The van der Waals surface area contributed by atoms with Gasteiger partial charge in [0.15, 0.2) is 11.3 Å². The second-order valence-electron chi connectivity index (χ2n) is 5.82. The molecular weight excluding hydrogens is 376 g/mol. The number of aliphatic carboxylic acids is 1. The topological polar surface area (TPSA) is 146 Å². The Morgan fingerprint density at radius 1 is 1.41 bits per heavy atom. The van der Waals surface area contributed by atoms with E-state index in [1.807, 2.05) is 0 Å². The maximum absolute atomic E-state index is 12.3. The lowest BCUT2D eigenvalue weighted by Gasteiger charge is -2.21. The molecule has 27 heavy (non-hydrogen) atoms. The monoisotopic (exact) mass is 394 g/mol. The van der Waals surface area contributed by atoms with E-state index in [9.17, 15) is 24.8 Å². The number of furan rings is 1. The smallest absolute Gasteiger partial charge is 0.331 e. The van der Waals surface area contributed by atoms with Crippen molar-refractivity contribution in [3.8, 4) is 0 Å². The number of hydrogen-bond acceptors (Lipinski definition) is 8. The molecule has 1 heterocycles. The number of carbonyl (C=O) groups is 2. The van der Waals surface area contributed by atoms with Gasteiger partial charge in [-0.05, 0) is 43.5 Å². The molecule has 0 fully saturated rings. The number of ketones is 1. The molecule has 0 aliphatic rings. The molecular formula is C17H18N2O7S. The van der Waals surface area contributed by atoms with Crippen molar-refractivity contribution in [2.75, 3.05) is 6.61 Å². The van der Waals surface area contributed by atoms with Gasteiger partial charge in [0.05, 0.1) is 17.8 Å². The Labute approximate surface area is 158 Å². The second kappa shape index (κ2) is 8.80. The minimum absolute atomic E-state index is 0.0490. The standard InChI is InChI=1S/C17H18N2O7S/c1-11-5-6-12(19(23)24)14(10-11)27-26-9-3-7-17(18,16(21)22)15(20)13-4-2-8-25-13/h2,4-6,8,10H,3,7,9,18H2,1H3,(H,21,22)/t17-/m0/s1. The van der Waals surface area contributed by atoms with Crippen molar-refractivity contribution < 1.29 is 28.2 Å². The van der Waals surface area contributed by atoms with Crippen molar-refractivity contribution in [2.24, 2.45) is 5.73 Å². The van der Waals surface area contributed by atoms with Crippen LogP contribution < -0.4 is 5.73 Å². The highest BCUT2D eigenvalue weighted by atomic mass is 32.2. The number of hydrogen-bond donors (Lipinski definition) is 2. The number of aryl methyl sites for hydroxylation is 1. The molecule has 3 N–H and O–H groups in total. The Morgan fingerprint density at radius 2 is 2.15 bits per heavy atom. The summed E-state index contributed by atoms with van der Waals surface area (Å²) in [4.78, 5) is 34.6. The first-order valence-electron chi connectivity index (χ1n) is 7.91. The van der Waals surface area contributed by atoms with E-state index in [0.717, 1.165) is 17.6 Å². The van der Waals surface area contributed by atoms with Gasteiger partial charge in [-0.2, -0.15) is 0 Å². The van der Waals surface area contributed by atoms with E-state index in [2.05, 4.69) is 0 Å². The third-order valence-corrected chi connectivity index (χ3v) is 4.58. The first-order valence-corrected chi connectivity index (χ1v) is 8.65. The van der Waals surface area contributed by atoms with E-state index in [1.165, 1.54) is 24.5 Å². The van der Waals surface area contributed by atoms with Crippen LogP contribution in [0.3, 0.4) is 0 Å². The molecule has 0 aliphatic carbocycles. The summed E-state index contributed by atoms with van der Waals surface area (Å²) >= 11 is 0.821. The molecule has 0 bridgehead atoms. The molecule has 1 atom stereocenters. The van der Waals surface area contributed by atoms with Gasteiger partial charge in [0.25, 0.3) is 5.69 Å². The first-order chi connectivity index (χ1) is 12.8. The van der Waals surface area contributed by atoms with Gasteiger partial charge in [0.2, 0.25) is 5.78 Å². The van der Waals surface area contributed by atoms with Crippen molar-refractivity contribution in [3.05, 3.63) is 58.0 Å². The van der Waals surface area contributed by atoms with Crippen LogP contribution in [0.1, 0.15) is 29.0 Å². The largest absolute Gasteiger partial charge is 0.480 e. The molecule has 10 heteroatoms. The molecule has 1 aromatic carbocycles. The van der Waals surface area contributed by atoms with E-state index in [1.54, 1.807) is 19.1 Å². The quantitative estimate of drug-likeness (QED) is 0.155. The predicted octanol–water partition coefficient (Wildman–Crippen LogP) is 2.97. The minimum Gasteiger partial charge on any atom is -0.480 e. The third-order valence-electron chi connectivity index (χ3n) is 3.79. The Bertz CT molecular complexity index is 838. The summed E-state index contributed by atoms with van der Waals surface area (Å²) in [6.07, 6.45) is 1.23. The Kier molecular flexibility index (Phi) is 6.72. The number of benzene rings is 1. The molecule has 0 spiro atoms. The molecule has 0 aliphatic heterocycles. The van der Waals surface area contributed by atoms with Crippen molar-refractivity contribution in [2.45, 2.75) is 30.2 Å². The lowest BCUT2D eigenvalue weighted by Crippen LogP contribution is -2.55. The molecule has 0 saturated heterocycles. The number of carboxylic acid groups (broad SMARTS) is 1. The van der Waals surface area contributed by atoms with Crippen LogP contribution in [-0.4, -0.2) is 33.9 Å². The fourth-order valence-corrected chi connectivity index (χ4v) is 3.09. The van der Waals surface area contributed by atoms with E-state index < -0.39 is 22.2 Å². The molecule has 0 unspecified atom stereocenters. The van der Waals surface area contributed by atoms with Crippen LogP contribution in [0.25, 0.3) is 0 Å². The van der Waals surface area contributed by atoms with Gasteiger partial charge >= 0.3 is 5.97 Å². The van der Waals surface area contributed by atoms with Crippen LogP contribution in [0.15, 0.2) is 45.9 Å². The summed E-state index contributed by atoms with van der Waals surface area (Å²) in [6, 6.07) is 7.43. The molecule has 0 radical (unpaired) electrons. The van der Waals surface area contributed by atoms with Gasteiger partial charge in [-0.3, -0.25) is 14.9 Å². The first kappa shape index (κ1) is 20.6. The van der Waals surface area contributed by atoms with E-state index in [-0.39, 0.29) is 30.9 Å². The number of nitrogens with two attached hydrogens (primary N) is 1. The van der Waals surface area contributed by atoms with Crippen LogP contribution in [0.5, 0.6) is 0 Å². The fraction of sp³-hybridized carbons (Fsp3) is 0.294. The van der Waals surface area contributed by atoms with Gasteiger partial charge in [0, 0.05) is 18.1 Å². The molecule has 0 saturated carbocycles. The lowest BCUT2D eigenvalue weighted by atomic mass is 9.88. The Balaban J connectivity index is 1.93. The molecule has 2 rings (SSSR count). The highest BCUT2D eigenvalue weighted by molar-refractivity contribution is 7.94. The zero-order valence-corrected chi connectivity index (χ0v) is 15.2. The van der Waals surface area contributed by atoms with Crippen LogP contribution >= 0.6 is 12.0 Å². The summed E-state index contributed by atoms with van der Waals surface area (Å²) in [7, 11) is 0. The van der Waals surface area contributed by atoms with Gasteiger partial charge in [-0.15, -0.1) is 0 Å². The molecule has 0 amide bonds. The van der Waals surface area contributed by atoms with Crippen molar-refractivity contribution in [1.82, 2.24) is 0 Å². The molecule has 1 aromatic heterocycles. The normalized spacial score (nSPS) is 13.1. The number of carboxylic acids is 1. The number of nitro groups is 1. The summed E-state index contributed by atoms with van der Waals surface area (Å²) < 4.78 is 10.3. The zero-order chi connectivity index (χ0) is 20.0. The van der Waals surface area contributed by atoms with E-state index in [4.69, 9.17) is 14.3 Å². The Hall–Kier alpha value is -2.69. The number of rotatable bonds is 10. The fourth-order valence-electron chi connectivity index (χ4n) is 2.30. The van der Waals surface area contributed by atoms with E-state index in [0.29, 0.717) is 4.90 Å². The summed E-state index contributed by atoms with van der Waals surface area (Å²) in [6.45, 7) is 1.84. The number of nitrogens with zero attached hydrogens (tertiary/aromatic N) is 1. The zero-order valence-electron chi connectivity index (χ0n) is 14.4.